The molecule has 3 nitrogen and oxygen atoms in total. The molecule has 0 bridgehead atoms. The molecule has 0 N–H and O–H groups in total. The second-order valence-electron chi connectivity index (χ2n) is 5.02. The highest BCUT2D eigenvalue weighted by molar-refractivity contribution is 5.78. The van der Waals surface area contributed by atoms with Crippen LogP contribution in [0.3, 0.4) is 0 Å². The Bertz CT molecular complexity index is 884. The number of aryl methyl sites for hydroxylation is 2. The SMILES string of the molecule is CCc1nc2ccc(F)cc2c(=O)n1-c1cccc(C)c1. The average Bonchev–Trinajstić information content (AvgIpc) is 2.47. The fraction of sp³-hybridized carbons (Fsp3) is 0.176. The zero-order valence-electron chi connectivity index (χ0n) is 11.9. The van der Waals surface area contributed by atoms with Gasteiger partial charge in [-0.2, -0.15) is 0 Å². The third-order valence-corrected chi connectivity index (χ3v) is 3.48. The highest BCUT2D eigenvalue weighted by Gasteiger charge is 2.12. The highest BCUT2D eigenvalue weighted by Crippen LogP contribution is 2.15. The molecule has 1 heterocycles. The molecule has 0 aliphatic heterocycles. The van der Waals surface area contributed by atoms with Crippen molar-refractivity contribution in [2.75, 3.05) is 0 Å². The molecule has 0 aliphatic carbocycles. The maximum Gasteiger partial charge on any atom is 0.266 e. The van der Waals surface area contributed by atoms with Crippen LogP contribution in [0.2, 0.25) is 0 Å². The van der Waals surface area contributed by atoms with Crippen molar-refractivity contribution in [2.45, 2.75) is 20.3 Å². The van der Waals surface area contributed by atoms with Crippen molar-refractivity contribution in [2.24, 2.45) is 0 Å². The molecule has 4 heteroatoms. The monoisotopic (exact) mass is 282 g/mol. The van der Waals surface area contributed by atoms with Crippen molar-refractivity contribution in [1.82, 2.24) is 9.55 Å². The fourth-order valence-electron chi connectivity index (χ4n) is 2.47. The zero-order chi connectivity index (χ0) is 15.0. The maximum absolute atomic E-state index is 13.4. The van der Waals surface area contributed by atoms with E-state index in [1.165, 1.54) is 12.1 Å². The van der Waals surface area contributed by atoms with Crippen molar-refractivity contribution < 1.29 is 4.39 Å². The molecule has 0 saturated carbocycles. The molecule has 0 aliphatic rings. The van der Waals surface area contributed by atoms with Gasteiger partial charge in [0.1, 0.15) is 11.6 Å². The first-order chi connectivity index (χ1) is 10.1. The number of hydrogen-bond acceptors (Lipinski definition) is 2. The number of rotatable bonds is 2. The van der Waals surface area contributed by atoms with Gasteiger partial charge < -0.3 is 0 Å². The van der Waals surface area contributed by atoms with Gasteiger partial charge in [0, 0.05) is 6.42 Å². The van der Waals surface area contributed by atoms with E-state index in [0.29, 0.717) is 23.1 Å². The molecular weight excluding hydrogens is 267 g/mol. The molecule has 0 fully saturated rings. The van der Waals surface area contributed by atoms with E-state index in [0.717, 1.165) is 11.3 Å². The van der Waals surface area contributed by atoms with E-state index >= 15 is 0 Å². The number of nitrogens with zero attached hydrogens (tertiary/aromatic N) is 2. The third-order valence-electron chi connectivity index (χ3n) is 3.48. The second kappa shape index (κ2) is 5.13. The summed E-state index contributed by atoms with van der Waals surface area (Å²) in [6, 6.07) is 11.8. The van der Waals surface area contributed by atoms with E-state index in [2.05, 4.69) is 4.98 Å². The number of hydrogen-bond donors (Lipinski definition) is 0. The van der Waals surface area contributed by atoms with Crippen LogP contribution in [0.4, 0.5) is 4.39 Å². The summed E-state index contributed by atoms with van der Waals surface area (Å²) in [4.78, 5) is 17.2. The number of halogens is 1. The van der Waals surface area contributed by atoms with Gasteiger partial charge in [-0.1, -0.05) is 19.1 Å². The van der Waals surface area contributed by atoms with E-state index in [-0.39, 0.29) is 5.56 Å². The molecule has 2 aromatic carbocycles. The Kier molecular flexibility index (Phi) is 3.29. The van der Waals surface area contributed by atoms with E-state index < -0.39 is 5.82 Å². The van der Waals surface area contributed by atoms with Crippen LogP contribution in [0.1, 0.15) is 18.3 Å². The summed E-state index contributed by atoms with van der Waals surface area (Å²) in [5, 5.41) is 0.300. The summed E-state index contributed by atoms with van der Waals surface area (Å²) in [7, 11) is 0. The number of benzene rings is 2. The first kappa shape index (κ1) is 13.5. The molecule has 0 unspecified atom stereocenters. The summed E-state index contributed by atoms with van der Waals surface area (Å²) < 4.78 is 15.0. The molecule has 106 valence electrons. The molecule has 3 rings (SSSR count). The van der Waals surface area contributed by atoms with E-state index in [9.17, 15) is 9.18 Å². The molecule has 21 heavy (non-hydrogen) atoms. The normalized spacial score (nSPS) is 11.0. The van der Waals surface area contributed by atoms with Crippen LogP contribution < -0.4 is 5.56 Å². The van der Waals surface area contributed by atoms with Crippen LogP contribution in [0.25, 0.3) is 16.6 Å². The first-order valence-electron chi connectivity index (χ1n) is 6.88. The lowest BCUT2D eigenvalue weighted by molar-refractivity contribution is 0.629. The number of aromatic nitrogens is 2. The van der Waals surface area contributed by atoms with Crippen molar-refractivity contribution in [3.8, 4) is 5.69 Å². The summed E-state index contributed by atoms with van der Waals surface area (Å²) in [5.74, 6) is 0.242. The van der Waals surface area contributed by atoms with Crippen molar-refractivity contribution >= 4 is 10.9 Å². The first-order valence-corrected chi connectivity index (χ1v) is 6.88. The van der Waals surface area contributed by atoms with Crippen LogP contribution >= 0.6 is 0 Å². The fourth-order valence-corrected chi connectivity index (χ4v) is 2.47. The minimum atomic E-state index is -0.429. The quantitative estimate of drug-likeness (QED) is 0.722. The largest absolute Gasteiger partial charge is 0.268 e. The van der Waals surface area contributed by atoms with Crippen LogP contribution in [0.15, 0.2) is 47.3 Å². The topological polar surface area (TPSA) is 34.9 Å². The second-order valence-corrected chi connectivity index (χ2v) is 5.02. The summed E-state index contributed by atoms with van der Waals surface area (Å²) >= 11 is 0. The molecule has 0 saturated heterocycles. The Morgan fingerprint density at radius 3 is 2.71 bits per heavy atom. The lowest BCUT2D eigenvalue weighted by Gasteiger charge is -2.13. The van der Waals surface area contributed by atoms with Gasteiger partial charge in [-0.3, -0.25) is 9.36 Å². The van der Waals surface area contributed by atoms with Crippen LogP contribution in [-0.4, -0.2) is 9.55 Å². The predicted molar refractivity (Wildman–Crippen MR) is 81.4 cm³/mol. The number of fused-ring (bicyclic) bond motifs is 1. The molecule has 0 atom stereocenters. The van der Waals surface area contributed by atoms with Crippen LogP contribution in [-0.2, 0) is 6.42 Å². The van der Waals surface area contributed by atoms with Gasteiger partial charge in [-0.15, -0.1) is 0 Å². The van der Waals surface area contributed by atoms with Gasteiger partial charge >= 0.3 is 0 Å². The van der Waals surface area contributed by atoms with Gasteiger partial charge in [0.05, 0.1) is 16.6 Å². The Balaban J connectivity index is 2.40. The van der Waals surface area contributed by atoms with Crippen LogP contribution in [0.5, 0.6) is 0 Å². The third kappa shape index (κ3) is 2.33. The maximum atomic E-state index is 13.4. The van der Waals surface area contributed by atoms with E-state index in [4.69, 9.17) is 0 Å². The summed E-state index contributed by atoms with van der Waals surface area (Å²) in [6.07, 6.45) is 0.622. The predicted octanol–water partition coefficient (Wildman–Crippen LogP) is 3.40. The molecule has 0 amide bonds. The minimum Gasteiger partial charge on any atom is -0.268 e. The smallest absolute Gasteiger partial charge is 0.266 e. The van der Waals surface area contributed by atoms with Gasteiger partial charge in [0.25, 0.3) is 5.56 Å². The Hall–Kier alpha value is -2.49. The lowest BCUT2D eigenvalue weighted by Crippen LogP contribution is -2.23. The zero-order valence-corrected chi connectivity index (χ0v) is 11.9. The van der Waals surface area contributed by atoms with Crippen LogP contribution in [0, 0.1) is 12.7 Å². The average molecular weight is 282 g/mol. The Morgan fingerprint density at radius 1 is 1.19 bits per heavy atom. The van der Waals surface area contributed by atoms with E-state index in [1.54, 1.807) is 10.6 Å². The summed E-state index contributed by atoms with van der Waals surface area (Å²) in [5.41, 5.74) is 2.11. The minimum absolute atomic E-state index is 0.234. The van der Waals surface area contributed by atoms with Gasteiger partial charge in [-0.05, 0) is 42.8 Å². The highest BCUT2D eigenvalue weighted by atomic mass is 19.1. The lowest BCUT2D eigenvalue weighted by atomic mass is 10.2. The Labute approximate surface area is 121 Å². The van der Waals surface area contributed by atoms with E-state index in [1.807, 2.05) is 38.1 Å². The standard InChI is InChI=1S/C17H15FN2O/c1-3-16-19-15-8-7-12(18)10-14(15)17(21)20(16)13-6-4-5-11(2)9-13/h4-10H,3H2,1-2H3. The molecule has 1 aromatic heterocycles. The van der Waals surface area contributed by atoms with Crippen molar-refractivity contribution in [3.05, 3.63) is 70.0 Å². The van der Waals surface area contributed by atoms with Gasteiger partial charge in [0.2, 0.25) is 0 Å². The molecule has 3 aromatic rings. The molecular formula is C17H15FN2O. The summed E-state index contributed by atoms with van der Waals surface area (Å²) in [6.45, 7) is 3.91. The van der Waals surface area contributed by atoms with Gasteiger partial charge in [-0.25, -0.2) is 9.37 Å². The van der Waals surface area contributed by atoms with Gasteiger partial charge in [0.15, 0.2) is 0 Å². The van der Waals surface area contributed by atoms with Crippen molar-refractivity contribution in [3.63, 3.8) is 0 Å². The molecule has 0 spiro atoms. The van der Waals surface area contributed by atoms with Crippen molar-refractivity contribution in [1.29, 1.82) is 0 Å². The molecule has 0 radical (unpaired) electrons. The Morgan fingerprint density at radius 2 is 2.00 bits per heavy atom.